The van der Waals surface area contributed by atoms with Gasteiger partial charge < -0.3 is 24.9 Å². The standard InChI is InChI=1S/C14H21N3O3/c1-9(15)14-16-10-7-12(19-2)13(20-3)8-11(10)17(14)5-4-6-18/h7-9,18H,4-6,15H2,1-3H3. The van der Waals surface area contributed by atoms with Gasteiger partial charge in [-0.3, -0.25) is 0 Å². The Bertz CT molecular complexity index is 593. The second-order valence-electron chi connectivity index (χ2n) is 4.68. The van der Waals surface area contributed by atoms with E-state index in [1.54, 1.807) is 14.2 Å². The number of aliphatic hydroxyl groups is 1. The minimum Gasteiger partial charge on any atom is -0.493 e. The third-order valence-corrected chi connectivity index (χ3v) is 3.23. The molecule has 0 aliphatic rings. The lowest BCUT2D eigenvalue weighted by Gasteiger charge is -2.11. The molecule has 1 atom stereocenters. The van der Waals surface area contributed by atoms with Gasteiger partial charge in [0.25, 0.3) is 0 Å². The molecule has 0 amide bonds. The number of aromatic nitrogens is 2. The van der Waals surface area contributed by atoms with E-state index in [-0.39, 0.29) is 12.6 Å². The molecule has 6 nitrogen and oxygen atoms in total. The highest BCUT2D eigenvalue weighted by atomic mass is 16.5. The molecule has 0 aliphatic heterocycles. The van der Waals surface area contributed by atoms with Crippen molar-refractivity contribution in [3.05, 3.63) is 18.0 Å². The Kier molecular flexibility index (Phi) is 4.46. The van der Waals surface area contributed by atoms with Gasteiger partial charge in [0.05, 0.1) is 31.3 Å². The van der Waals surface area contributed by atoms with Crippen LogP contribution in [0.25, 0.3) is 11.0 Å². The normalized spacial score (nSPS) is 12.7. The summed E-state index contributed by atoms with van der Waals surface area (Å²) in [5.74, 6) is 2.09. The van der Waals surface area contributed by atoms with Crippen molar-refractivity contribution in [2.24, 2.45) is 5.73 Å². The van der Waals surface area contributed by atoms with Gasteiger partial charge in [0.1, 0.15) is 5.82 Å². The Hall–Kier alpha value is -1.79. The van der Waals surface area contributed by atoms with E-state index in [1.807, 2.05) is 23.6 Å². The molecular formula is C14H21N3O3. The predicted molar refractivity (Wildman–Crippen MR) is 77.1 cm³/mol. The topological polar surface area (TPSA) is 82.5 Å². The number of hydrogen-bond acceptors (Lipinski definition) is 5. The number of nitrogens with two attached hydrogens (primary N) is 1. The van der Waals surface area contributed by atoms with E-state index in [2.05, 4.69) is 4.98 Å². The maximum absolute atomic E-state index is 9.04. The van der Waals surface area contributed by atoms with Gasteiger partial charge in [0.2, 0.25) is 0 Å². The van der Waals surface area contributed by atoms with Crippen LogP contribution in [0, 0.1) is 0 Å². The van der Waals surface area contributed by atoms with E-state index in [9.17, 15) is 0 Å². The number of aliphatic hydroxyl groups excluding tert-OH is 1. The lowest BCUT2D eigenvalue weighted by molar-refractivity contribution is 0.279. The van der Waals surface area contributed by atoms with Crippen molar-refractivity contribution in [3.8, 4) is 11.5 Å². The first-order valence-corrected chi connectivity index (χ1v) is 6.61. The number of rotatable bonds is 6. The molecule has 1 aromatic heterocycles. The maximum atomic E-state index is 9.04. The second-order valence-corrected chi connectivity index (χ2v) is 4.68. The Labute approximate surface area is 118 Å². The Morgan fingerprint density at radius 1 is 1.30 bits per heavy atom. The molecule has 0 fully saturated rings. The zero-order valence-corrected chi connectivity index (χ0v) is 12.1. The SMILES string of the molecule is COc1cc2nc(C(C)N)n(CCCO)c2cc1OC. The maximum Gasteiger partial charge on any atom is 0.163 e. The first-order valence-electron chi connectivity index (χ1n) is 6.61. The molecule has 0 aliphatic carbocycles. The fourth-order valence-electron chi connectivity index (χ4n) is 2.28. The van der Waals surface area contributed by atoms with E-state index in [1.165, 1.54) is 0 Å². The molecule has 0 radical (unpaired) electrons. The fraction of sp³-hybridized carbons (Fsp3) is 0.500. The number of ether oxygens (including phenoxy) is 2. The van der Waals surface area contributed by atoms with E-state index < -0.39 is 0 Å². The molecule has 1 unspecified atom stereocenters. The minimum absolute atomic E-state index is 0.130. The minimum atomic E-state index is -0.182. The van der Waals surface area contributed by atoms with Crippen molar-refractivity contribution in [3.63, 3.8) is 0 Å². The number of nitrogens with zero attached hydrogens (tertiary/aromatic N) is 2. The molecular weight excluding hydrogens is 258 g/mol. The summed E-state index contributed by atoms with van der Waals surface area (Å²) in [5, 5.41) is 9.04. The van der Waals surface area contributed by atoms with Gasteiger partial charge in [-0.25, -0.2) is 4.98 Å². The number of methoxy groups -OCH3 is 2. The third-order valence-electron chi connectivity index (χ3n) is 3.23. The predicted octanol–water partition coefficient (Wildman–Crippen LogP) is 1.46. The van der Waals surface area contributed by atoms with Crippen LogP contribution in [0.2, 0.25) is 0 Å². The molecule has 6 heteroatoms. The first kappa shape index (κ1) is 14.6. The van der Waals surface area contributed by atoms with Crippen molar-refractivity contribution < 1.29 is 14.6 Å². The molecule has 2 rings (SSSR count). The van der Waals surface area contributed by atoms with Gasteiger partial charge >= 0.3 is 0 Å². The number of hydrogen-bond donors (Lipinski definition) is 2. The summed E-state index contributed by atoms with van der Waals surface area (Å²) in [6.07, 6.45) is 0.652. The van der Waals surface area contributed by atoms with Gasteiger partial charge in [-0.05, 0) is 13.3 Å². The number of imidazole rings is 1. The van der Waals surface area contributed by atoms with Crippen LogP contribution < -0.4 is 15.2 Å². The number of fused-ring (bicyclic) bond motifs is 1. The molecule has 20 heavy (non-hydrogen) atoms. The van der Waals surface area contributed by atoms with Crippen molar-refractivity contribution in [2.75, 3.05) is 20.8 Å². The zero-order chi connectivity index (χ0) is 14.7. The van der Waals surface area contributed by atoms with Crippen LogP contribution >= 0.6 is 0 Å². The summed E-state index contributed by atoms with van der Waals surface area (Å²) in [6, 6.07) is 3.55. The average Bonchev–Trinajstić information content (AvgIpc) is 2.81. The molecule has 0 saturated carbocycles. The monoisotopic (exact) mass is 279 g/mol. The Balaban J connectivity index is 2.62. The fourth-order valence-corrected chi connectivity index (χ4v) is 2.28. The lowest BCUT2D eigenvalue weighted by atomic mass is 10.2. The number of benzene rings is 1. The average molecular weight is 279 g/mol. The third kappa shape index (κ3) is 2.57. The number of aryl methyl sites for hydroxylation is 1. The van der Waals surface area contributed by atoms with Crippen LogP contribution in [0.15, 0.2) is 12.1 Å². The molecule has 1 heterocycles. The Morgan fingerprint density at radius 3 is 2.50 bits per heavy atom. The largest absolute Gasteiger partial charge is 0.493 e. The van der Waals surface area contributed by atoms with Crippen LogP contribution in [0.4, 0.5) is 0 Å². The van der Waals surface area contributed by atoms with Crippen LogP contribution in [-0.4, -0.2) is 35.5 Å². The van der Waals surface area contributed by atoms with Crippen LogP contribution in [-0.2, 0) is 6.54 Å². The van der Waals surface area contributed by atoms with E-state index in [0.717, 1.165) is 16.9 Å². The van der Waals surface area contributed by atoms with Crippen molar-refractivity contribution in [1.29, 1.82) is 0 Å². The molecule has 0 saturated heterocycles. The van der Waals surface area contributed by atoms with E-state index in [4.69, 9.17) is 20.3 Å². The van der Waals surface area contributed by atoms with Crippen molar-refractivity contribution in [2.45, 2.75) is 25.9 Å². The Morgan fingerprint density at radius 2 is 1.95 bits per heavy atom. The smallest absolute Gasteiger partial charge is 0.163 e. The highest BCUT2D eigenvalue weighted by Crippen LogP contribution is 2.33. The van der Waals surface area contributed by atoms with Crippen LogP contribution in [0.1, 0.15) is 25.2 Å². The van der Waals surface area contributed by atoms with Gasteiger partial charge in [0.15, 0.2) is 11.5 Å². The summed E-state index contributed by atoms with van der Waals surface area (Å²) in [5.41, 5.74) is 7.73. The molecule has 3 N–H and O–H groups in total. The molecule has 2 aromatic rings. The van der Waals surface area contributed by atoms with Gasteiger partial charge in [-0.1, -0.05) is 0 Å². The first-order chi connectivity index (χ1) is 9.62. The van der Waals surface area contributed by atoms with Gasteiger partial charge in [-0.15, -0.1) is 0 Å². The molecule has 1 aromatic carbocycles. The summed E-state index contributed by atoms with van der Waals surface area (Å²) in [6.45, 7) is 2.69. The highest BCUT2D eigenvalue weighted by molar-refractivity contribution is 5.80. The molecule has 0 spiro atoms. The zero-order valence-electron chi connectivity index (χ0n) is 12.1. The van der Waals surface area contributed by atoms with Gasteiger partial charge in [0, 0.05) is 25.3 Å². The molecule has 110 valence electrons. The summed E-state index contributed by atoms with van der Waals surface area (Å²) in [4.78, 5) is 4.57. The van der Waals surface area contributed by atoms with Crippen LogP contribution in [0.3, 0.4) is 0 Å². The van der Waals surface area contributed by atoms with Crippen molar-refractivity contribution in [1.82, 2.24) is 9.55 Å². The van der Waals surface area contributed by atoms with E-state index >= 15 is 0 Å². The lowest BCUT2D eigenvalue weighted by Crippen LogP contribution is -2.14. The summed E-state index contributed by atoms with van der Waals surface area (Å²) in [7, 11) is 3.20. The van der Waals surface area contributed by atoms with Crippen LogP contribution in [0.5, 0.6) is 11.5 Å². The quantitative estimate of drug-likeness (QED) is 0.836. The summed E-state index contributed by atoms with van der Waals surface area (Å²) < 4.78 is 12.6. The van der Waals surface area contributed by atoms with Gasteiger partial charge in [-0.2, -0.15) is 0 Å². The van der Waals surface area contributed by atoms with E-state index in [0.29, 0.717) is 24.5 Å². The second kappa shape index (κ2) is 6.11. The molecule has 0 bridgehead atoms. The van der Waals surface area contributed by atoms with Crippen molar-refractivity contribution >= 4 is 11.0 Å². The highest BCUT2D eigenvalue weighted by Gasteiger charge is 2.16. The summed E-state index contributed by atoms with van der Waals surface area (Å²) >= 11 is 0.